The lowest BCUT2D eigenvalue weighted by Crippen LogP contribution is -2.53. The molecule has 0 radical (unpaired) electrons. The van der Waals surface area contributed by atoms with E-state index in [9.17, 15) is 19.5 Å². The predicted octanol–water partition coefficient (Wildman–Crippen LogP) is 1.50. The van der Waals surface area contributed by atoms with E-state index in [1.54, 1.807) is 7.05 Å². The molecule has 0 saturated heterocycles. The van der Waals surface area contributed by atoms with Crippen molar-refractivity contribution in [3.8, 4) is 0 Å². The normalized spacial score (nSPS) is 11.6. The van der Waals surface area contributed by atoms with Gasteiger partial charge in [0.1, 0.15) is 6.04 Å². The van der Waals surface area contributed by atoms with Gasteiger partial charge in [-0.25, -0.2) is 4.79 Å². The van der Waals surface area contributed by atoms with Crippen LogP contribution in [0.4, 0.5) is 10.5 Å². The van der Waals surface area contributed by atoms with E-state index in [0.29, 0.717) is 26.1 Å². The summed E-state index contributed by atoms with van der Waals surface area (Å²) in [6, 6.07) is 15.9. The van der Waals surface area contributed by atoms with Crippen molar-refractivity contribution in [2.75, 3.05) is 58.8 Å². The van der Waals surface area contributed by atoms with Crippen molar-refractivity contribution >= 4 is 23.5 Å². The molecule has 0 aliphatic heterocycles. The number of hydrogen-bond acceptors (Lipinski definition) is 5. The van der Waals surface area contributed by atoms with Crippen LogP contribution in [0.2, 0.25) is 0 Å². The number of nitrogens with one attached hydrogen (secondary N) is 2. The topological polar surface area (TPSA) is 105 Å². The van der Waals surface area contributed by atoms with E-state index in [1.165, 1.54) is 16.7 Å². The number of urea groups is 1. The number of rotatable bonds is 13. The number of nitrogens with zero attached hydrogens (tertiary/aromatic N) is 3. The summed E-state index contributed by atoms with van der Waals surface area (Å²) >= 11 is 0. The van der Waals surface area contributed by atoms with Crippen LogP contribution in [-0.2, 0) is 22.4 Å². The van der Waals surface area contributed by atoms with Gasteiger partial charge in [0.25, 0.3) is 0 Å². The second kappa shape index (κ2) is 14.9. The van der Waals surface area contributed by atoms with Gasteiger partial charge in [-0.05, 0) is 43.8 Å². The third-order valence-corrected chi connectivity index (χ3v) is 5.88. The summed E-state index contributed by atoms with van der Waals surface area (Å²) in [5.41, 5.74) is 2.68. The van der Waals surface area contributed by atoms with Crippen LogP contribution in [0.25, 0.3) is 0 Å². The van der Waals surface area contributed by atoms with E-state index in [1.807, 2.05) is 73.6 Å². The summed E-state index contributed by atoms with van der Waals surface area (Å²) in [6.45, 7) is 3.03. The van der Waals surface area contributed by atoms with Crippen molar-refractivity contribution in [2.45, 2.75) is 25.8 Å². The molecule has 0 unspecified atom stereocenters. The van der Waals surface area contributed by atoms with Crippen LogP contribution in [-0.4, -0.2) is 92.7 Å². The molecule has 1 atom stereocenters. The van der Waals surface area contributed by atoms with Crippen molar-refractivity contribution in [1.29, 1.82) is 0 Å². The Kier molecular flexibility index (Phi) is 11.9. The summed E-state index contributed by atoms with van der Waals surface area (Å²) in [5, 5.41) is 15.3. The van der Waals surface area contributed by atoms with E-state index >= 15 is 0 Å². The Bertz CT molecular complexity index is 966. The minimum atomic E-state index is -0.797. The minimum Gasteiger partial charge on any atom is -0.395 e. The molecule has 0 heterocycles. The molecule has 9 heteroatoms. The van der Waals surface area contributed by atoms with Gasteiger partial charge in [-0.1, -0.05) is 42.5 Å². The van der Waals surface area contributed by atoms with Gasteiger partial charge < -0.3 is 30.4 Å². The Morgan fingerprint density at radius 2 is 1.56 bits per heavy atom. The molecule has 2 aromatic carbocycles. The monoisotopic (exact) mass is 497 g/mol. The first kappa shape index (κ1) is 28.8. The summed E-state index contributed by atoms with van der Waals surface area (Å²) in [4.78, 5) is 42.8. The maximum absolute atomic E-state index is 13.1. The first-order valence-corrected chi connectivity index (χ1v) is 12.2. The lowest BCUT2D eigenvalue weighted by Gasteiger charge is -2.26. The molecule has 9 nitrogen and oxygen atoms in total. The smallest absolute Gasteiger partial charge is 0.318 e. The van der Waals surface area contributed by atoms with Gasteiger partial charge in [-0.2, -0.15) is 0 Å². The highest BCUT2D eigenvalue weighted by molar-refractivity contribution is 5.91. The molecule has 0 aliphatic carbocycles. The fraction of sp³-hybridized carbons (Fsp3) is 0.444. The Labute approximate surface area is 214 Å². The van der Waals surface area contributed by atoms with Crippen molar-refractivity contribution in [3.05, 3.63) is 65.7 Å². The summed E-state index contributed by atoms with van der Waals surface area (Å²) in [7, 11) is 5.54. The average Bonchev–Trinajstić information content (AvgIpc) is 2.86. The van der Waals surface area contributed by atoms with Gasteiger partial charge in [0.2, 0.25) is 11.8 Å². The van der Waals surface area contributed by atoms with Crippen molar-refractivity contribution in [1.82, 2.24) is 20.4 Å². The number of aliphatic hydroxyl groups is 1. The Morgan fingerprint density at radius 1 is 0.889 bits per heavy atom. The van der Waals surface area contributed by atoms with Gasteiger partial charge >= 0.3 is 6.03 Å². The Morgan fingerprint density at radius 3 is 2.14 bits per heavy atom. The SMILES string of the molecule is CC(=O)N(C)c1ccc(C[C@H](NC(=O)N(CCO)CCc2ccccc2)C(=O)NCCN(C)C)cc1. The first-order valence-electron chi connectivity index (χ1n) is 12.2. The Hall–Kier alpha value is -3.43. The third-order valence-electron chi connectivity index (χ3n) is 5.88. The van der Waals surface area contributed by atoms with Crippen LogP contribution < -0.4 is 15.5 Å². The third kappa shape index (κ3) is 9.67. The number of carbonyl (C=O) groups excluding carboxylic acids is 3. The second-order valence-corrected chi connectivity index (χ2v) is 8.99. The van der Waals surface area contributed by atoms with Gasteiger partial charge in [-0.3, -0.25) is 9.59 Å². The molecule has 0 bridgehead atoms. The standard InChI is InChI=1S/C27H39N5O4/c1-21(34)31(4)24-12-10-23(11-13-24)20-25(26(35)28-15-17-30(2)3)29-27(36)32(18-19-33)16-14-22-8-6-5-7-9-22/h5-13,25,33H,14-20H2,1-4H3,(H,28,35)(H,29,36)/t25-/m0/s1. The predicted molar refractivity (Wildman–Crippen MR) is 142 cm³/mol. The zero-order chi connectivity index (χ0) is 26.5. The van der Waals surface area contributed by atoms with Crippen molar-refractivity contribution in [3.63, 3.8) is 0 Å². The summed E-state index contributed by atoms with van der Waals surface area (Å²) in [6.07, 6.45) is 0.925. The first-order chi connectivity index (χ1) is 17.2. The number of amides is 4. The molecule has 4 amide bonds. The van der Waals surface area contributed by atoms with Crippen LogP contribution in [0.5, 0.6) is 0 Å². The van der Waals surface area contributed by atoms with Crippen LogP contribution in [0, 0.1) is 0 Å². The summed E-state index contributed by atoms with van der Waals surface area (Å²) < 4.78 is 0. The molecule has 0 aromatic heterocycles. The molecule has 196 valence electrons. The van der Waals surface area contributed by atoms with Crippen LogP contribution >= 0.6 is 0 Å². The number of benzene rings is 2. The number of likely N-dealkylation sites (N-methyl/N-ethyl adjacent to an activating group) is 1. The molecular formula is C27H39N5O4. The molecule has 3 N–H and O–H groups in total. The van der Waals surface area contributed by atoms with E-state index < -0.39 is 12.1 Å². The minimum absolute atomic E-state index is 0.0763. The second-order valence-electron chi connectivity index (χ2n) is 8.99. The van der Waals surface area contributed by atoms with E-state index in [2.05, 4.69) is 10.6 Å². The molecule has 0 saturated carbocycles. The molecular weight excluding hydrogens is 458 g/mol. The largest absolute Gasteiger partial charge is 0.395 e. The summed E-state index contributed by atoms with van der Waals surface area (Å²) in [5.74, 6) is -0.352. The van der Waals surface area contributed by atoms with Crippen LogP contribution in [0.3, 0.4) is 0 Å². The van der Waals surface area contributed by atoms with Gasteiger partial charge in [0.15, 0.2) is 0 Å². The lowest BCUT2D eigenvalue weighted by molar-refractivity contribution is -0.123. The zero-order valence-corrected chi connectivity index (χ0v) is 21.7. The number of carbonyl (C=O) groups is 3. The lowest BCUT2D eigenvalue weighted by atomic mass is 10.0. The molecule has 36 heavy (non-hydrogen) atoms. The van der Waals surface area contributed by atoms with Crippen LogP contribution in [0.1, 0.15) is 18.1 Å². The Balaban J connectivity index is 2.12. The van der Waals surface area contributed by atoms with E-state index in [4.69, 9.17) is 0 Å². The highest BCUT2D eigenvalue weighted by Crippen LogP contribution is 2.15. The zero-order valence-electron chi connectivity index (χ0n) is 21.7. The van der Waals surface area contributed by atoms with Gasteiger partial charge in [0.05, 0.1) is 6.61 Å². The number of aliphatic hydroxyl groups excluding tert-OH is 1. The van der Waals surface area contributed by atoms with E-state index in [0.717, 1.165) is 16.8 Å². The maximum Gasteiger partial charge on any atom is 0.318 e. The molecule has 0 fully saturated rings. The molecule has 2 aromatic rings. The van der Waals surface area contributed by atoms with Crippen molar-refractivity contribution < 1.29 is 19.5 Å². The highest BCUT2D eigenvalue weighted by Gasteiger charge is 2.24. The van der Waals surface area contributed by atoms with Gasteiger partial charge in [0, 0.05) is 52.3 Å². The average molecular weight is 498 g/mol. The van der Waals surface area contributed by atoms with E-state index in [-0.39, 0.29) is 31.4 Å². The van der Waals surface area contributed by atoms with Gasteiger partial charge in [-0.15, -0.1) is 0 Å². The maximum atomic E-state index is 13.1. The fourth-order valence-electron chi connectivity index (χ4n) is 3.59. The molecule has 2 rings (SSSR count). The molecule has 0 spiro atoms. The quantitative estimate of drug-likeness (QED) is 0.389. The van der Waals surface area contributed by atoms with Crippen LogP contribution in [0.15, 0.2) is 54.6 Å². The fourth-order valence-corrected chi connectivity index (χ4v) is 3.59. The number of anilines is 1. The highest BCUT2D eigenvalue weighted by atomic mass is 16.3. The number of hydrogen-bond donors (Lipinski definition) is 3. The van der Waals surface area contributed by atoms with Crippen molar-refractivity contribution in [2.24, 2.45) is 0 Å². The molecule has 0 aliphatic rings.